The van der Waals surface area contributed by atoms with Crippen molar-refractivity contribution in [1.29, 1.82) is 0 Å². The lowest BCUT2D eigenvalue weighted by atomic mass is 10.0. The van der Waals surface area contributed by atoms with Gasteiger partial charge in [0.15, 0.2) is 0 Å². The number of allylic oxidation sites excluding steroid dienone is 1. The first-order chi connectivity index (χ1) is 17.6. The zero-order chi connectivity index (χ0) is 27.0. The predicted octanol–water partition coefficient (Wildman–Crippen LogP) is 4.23. The summed E-state index contributed by atoms with van der Waals surface area (Å²) in [4.78, 5) is 40.6. The van der Waals surface area contributed by atoms with Crippen LogP contribution in [0.15, 0.2) is 60.8 Å². The summed E-state index contributed by atoms with van der Waals surface area (Å²) in [5.74, 6) is -2.92. The van der Waals surface area contributed by atoms with Crippen LogP contribution in [0.1, 0.15) is 21.6 Å². The lowest BCUT2D eigenvalue weighted by molar-refractivity contribution is -0.192. The Morgan fingerprint density at radius 1 is 1.16 bits per heavy atom. The number of H-pyrrole nitrogens is 1. The van der Waals surface area contributed by atoms with Gasteiger partial charge in [0.2, 0.25) is 5.91 Å². The van der Waals surface area contributed by atoms with Crippen LogP contribution in [0.4, 0.5) is 13.2 Å². The molecule has 3 heterocycles. The summed E-state index contributed by atoms with van der Waals surface area (Å²) in [7, 11) is 0. The van der Waals surface area contributed by atoms with Crippen molar-refractivity contribution in [2.45, 2.75) is 19.1 Å². The van der Waals surface area contributed by atoms with Crippen molar-refractivity contribution in [3.05, 3.63) is 77.6 Å². The third-order valence-electron chi connectivity index (χ3n) is 5.17. The summed E-state index contributed by atoms with van der Waals surface area (Å²) in [6.07, 6.45) is 0.755. The molecule has 4 rings (SSSR count). The van der Waals surface area contributed by atoms with E-state index in [0.717, 1.165) is 40.2 Å². The van der Waals surface area contributed by atoms with Gasteiger partial charge in [-0.25, -0.2) is 4.79 Å². The number of rotatable bonds is 6. The summed E-state index contributed by atoms with van der Waals surface area (Å²) >= 11 is 3.26. The third kappa shape index (κ3) is 7.78. The van der Waals surface area contributed by atoms with E-state index in [1.165, 1.54) is 6.08 Å². The highest BCUT2D eigenvalue weighted by Gasteiger charge is 2.38. The molecule has 0 fully saturated rings. The lowest BCUT2D eigenvalue weighted by Gasteiger charge is -2.11. The predicted molar refractivity (Wildman–Crippen MR) is 134 cm³/mol. The Labute approximate surface area is 218 Å². The van der Waals surface area contributed by atoms with Crippen LogP contribution in [0, 0.1) is 0 Å². The summed E-state index contributed by atoms with van der Waals surface area (Å²) in [6.45, 7) is 1.10. The number of aromatic amines is 1. The minimum absolute atomic E-state index is 0.0336. The number of aromatic nitrogens is 2. The second-order valence-electron chi connectivity index (χ2n) is 7.79. The van der Waals surface area contributed by atoms with E-state index in [-0.39, 0.29) is 11.8 Å². The molecule has 3 aromatic rings. The normalized spacial score (nSPS) is 12.8. The van der Waals surface area contributed by atoms with Crippen LogP contribution in [0.5, 0.6) is 0 Å². The molecule has 0 bridgehead atoms. The van der Waals surface area contributed by atoms with Crippen molar-refractivity contribution in [2.75, 3.05) is 11.9 Å². The Kier molecular flexibility index (Phi) is 9.23. The zero-order valence-electron chi connectivity index (χ0n) is 19.2. The lowest BCUT2D eigenvalue weighted by Crippen LogP contribution is -2.31. The largest absolute Gasteiger partial charge is 0.490 e. The first-order valence-corrected chi connectivity index (χ1v) is 12.1. The highest BCUT2D eigenvalue weighted by molar-refractivity contribution is 9.09. The quantitative estimate of drug-likeness (QED) is 0.257. The van der Waals surface area contributed by atoms with Crippen LogP contribution in [0.25, 0.3) is 22.5 Å². The van der Waals surface area contributed by atoms with Gasteiger partial charge in [0.05, 0.1) is 11.3 Å². The summed E-state index contributed by atoms with van der Waals surface area (Å²) in [5, 5.41) is 13.5. The molecule has 0 radical (unpaired) electrons. The van der Waals surface area contributed by atoms with E-state index in [9.17, 15) is 22.8 Å². The van der Waals surface area contributed by atoms with Crippen molar-refractivity contribution in [2.24, 2.45) is 0 Å². The monoisotopic (exact) mass is 578 g/mol. The van der Waals surface area contributed by atoms with Crippen molar-refractivity contribution in [3.63, 3.8) is 0 Å². The van der Waals surface area contributed by atoms with E-state index in [0.29, 0.717) is 24.0 Å². The average Bonchev–Trinajstić information content (AvgIpc) is 3.32. The number of carboxylic acid groups (broad SMARTS) is 1. The van der Waals surface area contributed by atoms with Gasteiger partial charge in [0.1, 0.15) is 0 Å². The molecule has 37 heavy (non-hydrogen) atoms. The Hall–Kier alpha value is -3.93. The molecule has 2 amide bonds. The maximum Gasteiger partial charge on any atom is 0.490 e. The first-order valence-electron chi connectivity index (χ1n) is 10.9. The van der Waals surface area contributed by atoms with Crippen LogP contribution in [0.2, 0.25) is 0 Å². The highest BCUT2D eigenvalue weighted by atomic mass is 79.9. The van der Waals surface area contributed by atoms with Crippen molar-refractivity contribution in [3.8, 4) is 22.5 Å². The molecule has 1 aliphatic heterocycles. The minimum Gasteiger partial charge on any atom is -0.475 e. The van der Waals surface area contributed by atoms with Crippen LogP contribution in [-0.4, -0.2) is 50.9 Å². The summed E-state index contributed by atoms with van der Waals surface area (Å²) < 4.78 is 31.7. The number of fused-ring (bicyclic) bond motifs is 1. The fourth-order valence-corrected chi connectivity index (χ4v) is 3.63. The Morgan fingerprint density at radius 3 is 2.59 bits per heavy atom. The molecule has 4 N–H and O–H groups in total. The molecule has 0 spiro atoms. The van der Waals surface area contributed by atoms with Crippen LogP contribution < -0.4 is 10.6 Å². The molecule has 0 atom stereocenters. The second kappa shape index (κ2) is 12.3. The van der Waals surface area contributed by atoms with Crippen molar-refractivity contribution in [1.82, 2.24) is 20.6 Å². The number of carboxylic acids is 1. The number of pyridine rings is 1. The standard InChI is InChI=1S/C23H21BrN4O2.C2HF3O2/c24-8-2-5-22(29)27-14-15-3-1-4-16(11-15)20-12-17(6-9-25-20)21-13-18-19(28-21)7-10-26-23(18)30;3-2(4,5)1(6)7/h1-6,9,11-13,28H,7-8,10,14H2,(H,26,30)(H,27,29);(H,6,7). The topological polar surface area (TPSA) is 124 Å². The molecule has 0 unspecified atom stereocenters. The summed E-state index contributed by atoms with van der Waals surface area (Å²) in [5.41, 5.74) is 6.35. The maximum absolute atomic E-state index is 12.0. The third-order valence-corrected chi connectivity index (χ3v) is 5.54. The van der Waals surface area contributed by atoms with Crippen molar-refractivity contribution < 1.29 is 32.7 Å². The van der Waals surface area contributed by atoms with E-state index in [1.807, 2.05) is 42.5 Å². The SMILES string of the molecule is O=C(C=CCBr)NCc1cccc(-c2cc(-c3cc4c([nH]3)CCNC4=O)ccn2)c1.O=C(O)C(F)(F)F. The van der Waals surface area contributed by atoms with Gasteiger partial charge in [0, 0.05) is 53.6 Å². The first kappa shape index (κ1) is 27.7. The van der Waals surface area contributed by atoms with Gasteiger partial charge in [0.25, 0.3) is 5.91 Å². The molecule has 0 saturated carbocycles. The van der Waals surface area contributed by atoms with E-state index >= 15 is 0 Å². The number of alkyl halides is 4. The number of hydrogen-bond donors (Lipinski definition) is 4. The highest BCUT2D eigenvalue weighted by Crippen LogP contribution is 2.27. The van der Waals surface area contributed by atoms with Crippen LogP contribution in [0.3, 0.4) is 0 Å². The minimum atomic E-state index is -5.08. The zero-order valence-corrected chi connectivity index (χ0v) is 20.8. The molecule has 8 nitrogen and oxygen atoms in total. The smallest absolute Gasteiger partial charge is 0.475 e. The number of nitrogens with zero attached hydrogens (tertiary/aromatic N) is 1. The van der Waals surface area contributed by atoms with Crippen molar-refractivity contribution >= 4 is 33.7 Å². The van der Waals surface area contributed by atoms with E-state index < -0.39 is 12.1 Å². The van der Waals surface area contributed by atoms with E-state index in [2.05, 4.69) is 36.5 Å². The van der Waals surface area contributed by atoms with Gasteiger partial charge >= 0.3 is 12.1 Å². The molecule has 0 aliphatic carbocycles. The van der Waals surface area contributed by atoms with Crippen LogP contribution >= 0.6 is 15.9 Å². The second-order valence-corrected chi connectivity index (χ2v) is 8.44. The molecule has 1 aromatic carbocycles. The van der Waals surface area contributed by atoms with Gasteiger partial charge in [-0.2, -0.15) is 13.2 Å². The van der Waals surface area contributed by atoms with E-state index in [1.54, 1.807) is 12.3 Å². The number of aliphatic carboxylic acids is 1. The number of benzene rings is 1. The van der Waals surface area contributed by atoms with Crippen LogP contribution in [-0.2, 0) is 22.6 Å². The maximum atomic E-state index is 12.0. The van der Waals surface area contributed by atoms with Gasteiger partial charge < -0.3 is 20.7 Å². The number of amides is 2. The van der Waals surface area contributed by atoms with Gasteiger partial charge in [-0.1, -0.05) is 40.2 Å². The molecule has 0 saturated heterocycles. The number of halogens is 4. The fraction of sp³-hybridized carbons (Fsp3) is 0.200. The number of carbonyl (C=O) groups excluding carboxylic acids is 2. The molecule has 1 aliphatic rings. The molecule has 2 aromatic heterocycles. The van der Waals surface area contributed by atoms with E-state index in [4.69, 9.17) is 9.90 Å². The molecule has 12 heteroatoms. The molecule has 194 valence electrons. The molecular weight excluding hydrogens is 557 g/mol. The van der Waals surface area contributed by atoms with Gasteiger partial charge in [-0.3, -0.25) is 14.6 Å². The Bertz CT molecular complexity index is 1320. The Balaban J connectivity index is 0.000000479. The van der Waals surface area contributed by atoms with Gasteiger partial charge in [-0.05, 0) is 35.9 Å². The average molecular weight is 579 g/mol. The Morgan fingerprint density at radius 2 is 1.92 bits per heavy atom. The summed E-state index contributed by atoms with van der Waals surface area (Å²) in [6, 6.07) is 13.8. The number of carbonyl (C=O) groups is 3. The molecular formula is C25H22BrF3N4O4. The number of hydrogen-bond acceptors (Lipinski definition) is 4. The fourth-order valence-electron chi connectivity index (χ4n) is 3.45. The van der Waals surface area contributed by atoms with Gasteiger partial charge in [-0.15, -0.1) is 0 Å². The number of nitrogens with one attached hydrogen (secondary N) is 3.